The van der Waals surface area contributed by atoms with Gasteiger partial charge in [-0.05, 0) is 37.7 Å². The van der Waals surface area contributed by atoms with E-state index in [2.05, 4.69) is 10.6 Å². The molecule has 1 fully saturated rings. The lowest BCUT2D eigenvalue weighted by atomic mass is 9.93. The van der Waals surface area contributed by atoms with Crippen LogP contribution in [0.2, 0.25) is 0 Å². The van der Waals surface area contributed by atoms with Gasteiger partial charge in [0.05, 0.1) is 12.3 Å². The predicted octanol–water partition coefficient (Wildman–Crippen LogP) is 2.85. The lowest BCUT2D eigenvalue weighted by Crippen LogP contribution is -2.48. The second-order valence-corrected chi connectivity index (χ2v) is 7.55. The number of aryl methyl sites for hydroxylation is 1. The molecule has 0 aromatic carbocycles. The van der Waals surface area contributed by atoms with Crippen LogP contribution >= 0.6 is 0 Å². The number of carbonyl (C=O) groups is 2. The number of carbonyl (C=O) groups excluding carboxylic acids is 2. The molecule has 0 unspecified atom stereocenters. The van der Waals surface area contributed by atoms with E-state index in [0.29, 0.717) is 19.0 Å². The Bertz CT molecular complexity index is 611. The summed E-state index contributed by atoms with van der Waals surface area (Å²) in [6, 6.07) is 2.02. The number of hydrogen-bond donors (Lipinski definition) is 2. The van der Waals surface area contributed by atoms with Crippen LogP contribution in [0.1, 0.15) is 56.9 Å². The molecule has 2 heterocycles. The first kappa shape index (κ1) is 17.8. The molecule has 3 amide bonds. The van der Waals surface area contributed by atoms with E-state index in [1.807, 2.05) is 24.8 Å². The molecule has 6 nitrogen and oxygen atoms in total. The van der Waals surface area contributed by atoms with Crippen LogP contribution in [-0.2, 0) is 11.2 Å². The third-order valence-corrected chi connectivity index (χ3v) is 5.25. The van der Waals surface area contributed by atoms with Crippen LogP contribution in [0.3, 0.4) is 0 Å². The van der Waals surface area contributed by atoms with Gasteiger partial charge in [0.2, 0.25) is 5.91 Å². The molecule has 138 valence electrons. The van der Waals surface area contributed by atoms with Crippen LogP contribution in [0.4, 0.5) is 4.79 Å². The Morgan fingerprint density at radius 3 is 2.96 bits per heavy atom. The van der Waals surface area contributed by atoms with Gasteiger partial charge in [0.1, 0.15) is 5.76 Å². The highest BCUT2D eigenvalue weighted by Gasteiger charge is 2.28. The van der Waals surface area contributed by atoms with E-state index < -0.39 is 0 Å². The van der Waals surface area contributed by atoms with Gasteiger partial charge in [-0.3, -0.25) is 4.79 Å². The highest BCUT2D eigenvalue weighted by Crippen LogP contribution is 2.30. The molecule has 1 aliphatic carbocycles. The number of fused-ring (bicyclic) bond motifs is 1. The SMILES string of the molecule is CC(C)C(=O)NC[C@H]1CCCN(C(=O)N[C@@H]2CCCc3occc32)C1. The Labute approximate surface area is 149 Å². The zero-order chi connectivity index (χ0) is 17.8. The summed E-state index contributed by atoms with van der Waals surface area (Å²) in [5.41, 5.74) is 1.12. The van der Waals surface area contributed by atoms with Gasteiger partial charge in [-0.2, -0.15) is 0 Å². The van der Waals surface area contributed by atoms with Crippen molar-refractivity contribution >= 4 is 11.9 Å². The molecule has 2 atom stereocenters. The summed E-state index contributed by atoms with van der Waals surface area (Å²) >= 11 is 0. The van der Waals surface area contributed by atoms with Crippen molar-refractivity contribution in [1.82, 2.24) is 15.5 Å². The van der Waals surface area contributed by atoms with Gasteiger partial charge in [0.15, 0.2) is 0 Å². The van der Waals surface area contributed by atoms with E-state index in [4.69, 9.17) is 4.42 Å². The molecule has 6 heteroatoms. The molecule has 3 rings (SSSR count). The number of hydrogen-bond acceptors (Lipinski definition) is 3. The van der Waals surface area contributed by atoms with Gasteiger partial charge in [0.25, 0.3) is 0 Å². The monoisotopic (exact) mass is 347 g/mol. The minimum atomic E-state index is -0.00144. The minimum Gasteiger partial charge on any atom is -0.469 e. The summed E-state index contributed by atoms with van der Waals surface area (Å²) in [5.74, 6) is 1.41. The molecule has 0 bridgehead atoms. The average Bonchev–Trinajstić information content (AvgIpc) is 3.09. The quantitative estimate of drug-likeness (QED) is 0.879. The number of likely N-dealkylation sites (tertiary alicyclic amines) is 1. The predicted molar refractivity (Wildman–Crippen MR) is 95.1 cm³/mol. The Balaban J connectivity index is 1.52. The molecule has 0 spiro atoms. The maximum Gasteiger partial charge on any atom is 0.317 e. The Kier molecular flexibility index (Phi) is 5.66. The first-order chi connectivity index (χ1) is 12.0. The van der Waals surface area contributed by atoms with Gasteiger partial charge in [-0.25, -0.2) is 4.79 Å². The maximum atomic E-state index is 12.7. The molecule has 25 heavy (non-hydrogen) atoms. The summed E-state index contributed by atoms with van der Waals surface area (Å²) in [6.45, 7) is 5.92. The molecule has 1 saturated heterocycles. The number of amides is 3. The van der Waals surface area contributed by atoms with Crippen LogP contribution in [-0.4, -0.2) is 36.5 Å². The molecular weight excluding hydrogens is 318 g/mol. The number of urea groups is 1. The van der Waals surface area contributed by atoms with Gasteiger partial charge in [-0.15, -0.1) is 0 Å². The van der Waals surface area contributed by atoms with E-state index in [1.165, 1.54) is 0 Å². The minimum absolute atomic E-state index is 0.000985. The zero-order valence-corrected chi connectivity index (χ0v) is 15.2. The standard InChI is InChI=1S/C19H29N3O3/c1-13(2)18(23)20-11-14-5-4-9-22(12-14)19(24)21-16-6-3-7-17-15(16)8-10-25-17/h8,10,13-14,16H,3-7,9,11-12H2,1-2H3,(H,20,23)(H,21,24)/t14-,16-/m1/s1. The van der Waals surface area contributed by atoms with E-state index in [0.717, 1.165) is 50.0 Å². The van der Waals surface area contributed by atoms with E-state index in [-0.39, 0.29) is 23.9 Å². The summed E-state index contributed by atoms with van der Waals surface area (Å²) in [7, 11) is 0. The normalized spacial score (nSPS) is 23.2. The molecule has 0 saturated carbocycles. The van der Waals surface area contributed by atoms with E-state index >= 15 is 0 Å². The fourth-order valence-electron chi connectivity index (χ4n) is 3.74. The zero-order valence-electron chi connectivity index (χ0n) is 15.2. The molecule has 0 radical (unpaired) electrons. The molecule has 1 aromatic rings. The largest absolute Gasteiger partial charge is 0.469 e. The highest BCUT2D eigenvalue weighted by atomic mass is 16.3. The number of rotatable bonds is 4. The van der Waals surface area contributed by atoms with Gasteiger partial charge >= 0.3 is 6.03 Å². The van der Waals surface area contributed by atoms with Gasteiger partial charge in [-0.1, -0.05) is 13.8 Å². The summed E-state index contributed by atoms with van der Waals surface area (Å²) in [6.07, 6.45) is 6.70. The van der Waals surface area contributed by atoms with Crippen LogP contribution in [0.15, 0.2) is 16.7 Å². The number of piperidine rings is 1. The van der Waals surface area contributed by atoms with Crippen molar-refractivity contribution < 1.29 is 14.0 Å². The highest BCUT2D eigenvalue weighted by molar-refractivity contribution is 5.78. The van der Waals surface area contributed by atoms with Crippen molar-refractivity contribution in [3.05, 3.63) is 23.7 Å². The van der Waals surface area contributed by atoms with Crippen molar-refractivity contribution in [2.75, 3.05) is 19.6 Å². The lowest BCUT2D eigenvalue weighted by molar-refractivity contribution is -0.124. The second kappa shape index (κ2) is 7.93. The van der Waals surface area contributed by atoms with Gasteiger partial charge in [0, 0.05) is 37.5 Å². The Morgan fingerprint density at radius 1 is 1.32 bits per heavy atom. The fourth-order valence-corrected chi connectivity index (χ4v) is 3.74. The van der Waals surface area contributed by atoms with Crippen LogP contribution in [0.5, 0.6) is 0 Å². The van der Waals surface area contributed by atoms with E-state index in [1.54, 1.807) is 6.26 Å². The number of furan rings is 1. The fraction of sp³-hybridized carbons (Fsp3) is 0.684. The van der Waals surface area contributed by atoms with Crippen LogP contribution in [0, 0.1) is 11.8 Å². The van der Waals surface area contributed by atoms with Crippen molar-refractivity contribution in [3.63, 3.8) is 0 Å². The molecule has 1 aliphatic heterocycles. The van der Waals surface area contributed by atoms with Crippen LogP contribution < -0.4 is 10.6 Å². The van der Waals surface area contributed by atoms with Crippen molar-refractivity contribution in [2.24, 2.45) is 11.8 Å². The van der Waals surface area contributed by atoms with Crippen molar-refractivity contribution in [2.45, 2.75) is 52.0 Å². The molecule has 1 aromatic heterocycles. The Morgan fingerprint density at radius 2 is 2.16 bits per heavy atom. The average molecular weight is 347 g/mol. The maximum absolute atomic E-state index is 12.7. The van der Waals surface area contributed by atoms with Crippen LogP contribution in [0.25, 0.3) is 0 Å². The first-order valence-electron chi connectivity index (χ1n) is 9.44. The topological polar surface area (TPSA) is 74.6 Å². The number of nitrogens with one attached hydrogen (secondary N) is 2. The molecule has 2 aliphatic rings. The van der Waals surface area contributed by atoms with E-state index in [9.17, 15) is 9.59 Å². The summed E-state index contributed by atoms with van der Waals surface area (Å²) in [5, 5.41) is 6.17. The Hall–Kier alpha value is -1.98. The van der Waals surface area contributed by atoms with Gasteiger partial charge < -0.3 is 20.0 Å². The second-order valence-electron chi connectivity index (χ2n) is 7.55. The van der Waals surface area contributed by atoms with Crippen molar-refractivity contribution in [1.29, 1.82) is 0 Å². The third kappa shape index (κ3) is 4.35. The molecular formula is C19H29N3O3. The summed E-state index contributed by atoms with van der Waals surface area (Å²) < 4.78 is 5.50. The molecule has 2 N–H and O–H groups in total. The number of nitrogens with zero attached hydrogens (tertiary/aromatic N) is 1. The summed E-state index contributed by atoms with van der Waals surface area (Å²) in [4.78, 5) is 26.3. The van der Waals surface area contributed by atoms with Crippen molar-refractivity contribution in [3.8, 4) is 0 Å². The third-order valence-electron chi connectivity index (χ3n) is 5.25. The smallest absolute Gasteiger partial charge is 0.317 e. The first-order valence-corrected chi connectivity index (χ1v) is 9.44. The lowest BCUT2D eigenvalue weighted by Gasteiger charge is -2.34.